The lowest BCUT2D eigenvalue weighted by Crippen LogP contribution is -2.27. The minimum Gasteiger partial charge on any atom is -0.494 e. The van der Waals surface area contributed by atoms with E-state index in [0.29, 0.717) is 22.1 Å². The molecule has 1 N–H and O–H groups in total. The second-order valence-corrected chi connectivity index (χ2v) is 3.65. The summed E-state index contributed by atoms with van der Waals surface area (Å²) in [5.74, 6) is -0.0654. The summed E-state index contributed by atoms with van der Waals surface area (Å²) in [5.41, 5.74) is 0.722. The molecule has 0 atom stereocenters. The Balaban J connectivity index is 2.31. The fraction of sp³-hybridized carbons (Fsp3) is 0.0714. The minimum atomic E-state index is -0.500. The summed E-state index contributed by atoms with van der Waals surface area (Å²) in [6, 6.07) is 15.3. The molecule has 18 heavy (non-hydrogen) atoms. The van der Waals surface area contributed by atoms with Crippen molar-refractivity contribution in [2.75, 3.05) is 12.2 Å². The van der Waals surface area contributed by atoms with Gasteiger partial charge in [0.25, 0.3) is 5.91 Å². The number of hydrogen-bond acceptors (Lipinski definition) is 3. The molecule has 0 spiro atoms. The molecule has 0 aromatic heterocycles. The molecule has 1 amide bonds. The molecule has 0 aliphatic rings. The normalized spacial score (nSPS) is 9.89. The third-order valence-electron chi connectivity index (χ3n) is 2.53. The van der Waals surface area contributed by atoms with Crippen LogP contribution in [0.15, 0.2) is 54.6 Å². The highest BCUT2D eigenvalue weighted by Crippen LogP contribution is 2.27. The Hall–Kier alpha value is -2.33. The van der Waals surface area contributed by atoms with E-state index in [1.807, 2.05) is 6.07 Å². The van der Waals surface area contributed by atoms with Crippen molar-refractivity contribution < 1.29 is 14.7 Å². The van der Waals surface area contributed by atoms with Crippen molar-refractivity contribution in [3.8, 4) is 5.75 Å². The van der Waals surface area contributed by atoms with Gasteiger partial charge in [0, 0.05) is 5.56 Å². The van der Waals surface area contributed by atoms with Crippen molar-refractivity contribution in [2.24, 2.45) is 0 Å². The first kappa shape index (κ1) is 12.1. The average Bonchev–Trinajstić information content (AvgIpc) is 2.46. The molecular weight excluding hydrogens is 230 g/mol. The molecule has 0 aliphatic carbocycles. The summed E-state index contributed by atoms with van der Waals surface area (Å²) >= 11 is 0. The SMILES string of the molecule is COc1ccccc1N(O)C(=O)c1ccccc1. The summed E-state index contributed by atoms with van der Waals surface area (Å²) in [5, 5.41) is 10.5. The number of rotatable bonds is 3. The van der Waals surface area contributed by atoms with Gasteiger partial charge < -0.3 is 4.74 Å². The number of benzene rings is 2. The van der Waals surface area contributed by atoms with Gasteiger partial charge in [-0.05, 0) is 24.3 Å². The molecule has 0 unspecified atom stereocenters. The molecule has 0 heterocycles. The van der Waals surface area contributed by atoms with Crippen LogP contribution in [0.5, 0.6) is 5.75 Å². The predicted octanol–water partition coefficient (Wildman–Crippen LogP) is 2.73. The maximum absolute atomic E-state index is 12.0. The van der Waals surface area contributed by atoms with Crippen molar-refractivity contribution in [1.82, 2.24) is 0 Å². The zero-order chi connectivity index (χ0) is 13.0. The van der Waals surface area contributed by atoms with E-state index >= 15 is 0 Å². The van der Waals surface area contributed by atoms with Gasteiger partial charge in [0.2, 0.25) is 0 Å². The highest BCUT2D eigenvalue weighted by atomic mass is 16.5. The van der Waals surface area contributed by atoms with Crippen molar-refractivity contribution in [1.29, 1.82) is 0 Å². The summed E-state index contributed by atoms with van der Waals surface area (Å²) in [6.07, 6.45) is 0. The van der Waals surface area contributed by atoms with E-state index in [1.54, 1.807) is 48.5 Å². The zero-order valence-electron chi connectivity index (χ0n) is 9.91. The van der Waals surface area contributed by atoms with Gasteiger partial charge in [-0.2, -0.15) is 5.06 Å². The molecule has 2 aromatic rings. The van der Waals surface area contributed by atoms with Gasteiger partial charge in [0.15, 0.2) is 0 Å². The van der Waals surface area contributed by atoms with Gasteiger partial charge in [-0.1, -0.05) is 30.3 Å². The Kier molecular flexibility index (Phi) is 3.60. The van der Waals surface area contributed by atoms with Crippen LogP contribution in [0.2, 0.25) is 0 Å². The van der Waals surface area contributed by atoms with Crippen molar-refractivity contribution in [3.05, 3.63) is 60.2 Å². The Labute approximate surface area is 105 Å². The minimum absolute atomic E-state index is 0.314. The van der Waals surface area contributed by atoms with Crippen LogP contribution in [0.4, 0.5) is 5.69 Å². The molecule has 2 aromatic carbocycles. The molecule has 0 saturated heterocycles. The maximum atomic E-state index is 12.0. The van der Waals surface area contributed by atoms with Gasteiger partial charge in [-0.15, -0.1) is 0 Å². The second-order valence-electron chi connectivity index (χ2n) is 3.65. The Morgan fingerprint density at radius 3 is 2.33 bits per heavy atom. The summed E-state index contributed by atoms with van der Waals surface area (Å²) < 4.78 is 5.10. The number of hydrogen-bond donors (Lipinski definition) is 1. The van der Waals surface area contributed by atoms with Crippen LogP contribution in [-0.2, 0) is 0 Å². The van der Waals surface area contributed by atoms with E-state index in [4.69, 9.17) is 4.74 Å². The van der Waals surface area contributed by atoms with E-state index in [9.17, 15) is 10.0 Å². The number of anilines is 1. The van der Waals surface area contributed by atoms with Crippen LogP contribution in [0.25, 0.3) is 0 Å². The quantitative estimate of drug-likeness (QED) is 0.666. The van der Waals surface area contributed by atoms with Crippen molar-refractivity contribution in [2.45, 2.75) is 0 Å². The first-order chi connectivity index (χ1) is 8.74. The highest BCUT2D eigenvalue weighted by molar-refractivity contribution is 6.05. The van der Waals surface area contributed by atoms with Gasteiger partial charge in [-0.3, -0.25) is 10.0 Å². The predicted molar refractivity (Wildman–Crippen MR) is 68.0 cm³/mol. The average molecular weight is 243 g/mol. The van der Waals surface area contributed by atoms with E-state index in [0.717, 1.165) is 0 Å². The lowest BCUT2D eigenvalue weighted by molar-refractivity contribution is 0.0852. The van der Waals surface area contributed by atoms with Crippen LogP contribution < -0.4 is 9.80 Å². The Bertz CT molecular complexity index is 540. The van der Waals surface area contributed by atoms with Crippen LogP contribution in [-0.4, -0.2) is 18.2 Å². The topological polar surface area (TPSA) is 49.8 Å². The van der Waals surface area contributed by atoms with E-state index in [-0.39, 0.29) is 0 Å². The first-order valence-electron chi connectivity index (χ1n) is 5.45. The summed E-state index contributed by atoms with van der Waals surface area (Å²) in [7, 11) is 1.49. The van der Waals surface area contributed by atoms with Crippen LogP contribution in [0, 0.1) is 0 Å². The third-order valence-corrected chi connectivity index (χ3v) is 2.53. The molecule has 0 fully saturated rings. The van der Waals surface area contributed by atoms with Crippen LogP contribution in [0.1, 0.15) is 10.4 Å². The van der Waals surface area contributed by atoms with Crippen molar-refractivity contribution >= 4 is 11.6 Å². The fourth-order valence-corrected chi connectivity index (χ4v) is 1.62. The molecular formula is C14H13NO3. The standard InChI is InChI=1S/C14H13NO3/c1-18-13-10-6-5-9-12(13)15(17)14(16)11-7-3-2-4-8-11/h2-10,17H,1H3. The van der Waals surface area contributed by atoms with Crippen molar-refractivity contribution in [3.63, 3.8) is 0 Å². The number of hydroxylamine groups is 1. The van der Waals surface area contributed by atoms with E-state index in [2.05, 4.69) is 0 Å². The highest BCUT2D eigenvalue weighted by Gasteiger charge is 2.18. The molecule has 0 aliphatic heterocycles. The van der Waals surface area contributed by atoms with Gasteiger partial charge in [-0.25, -0.2) is 0 Å². The fourth-order valence-electron chi connectivity index (χ4n) is 1.62. The molecule has 2 rings (SSSR count). The number of ether oxygens (including phenoxy) is 1. The third kappa shape index (κ3) is 2.33. The first-order valence-corrected chi connectivity index (χ1v) is 5.45. The maximum Gasteiger partial charge on any atom is 0.282 e. The molecule has 0 bridgehead atoms. The molecule has 0 radical (unpaired) electrons. The number of methoxy groups -OCH3 is 1. The van der Waals surface area contributed by atoms with E-state index in [1.165, 1.54) is 7.11 Å². The molecule has 0 saturated carbocycles. The summed E-state index contributed by atoms with van der Waals surface area (Å²) in [4.78, 5) is 12.0. The number of para-hydroxylation sites is 2. The number of nitrogens with zero attached hydrogens (tertiary/aromatic N) is 1. The van der Waals surface area contributed by atoms with Gasteiger partial charge in [0.05, 0.1) is 7.11 Å². The number of amides is 1. The largest absolute Gasteiger partial charge is 0.494 e. The summed E-state index contributed by atoms with van der Waals surface area (Å²) in [6.45, 7) is 0. The molecule has 4 heteroatoms. The van der Waals surface area contributed by atoms with E-state index < -0.39 is 5.91 Å². The Morgan fingerprint density at radius 1 is 1.06 bits per heavy atom. The monoisotopic (exact) mass is 243 g/mol. The van der Waals surface area contributed by atoms with Crippen LogP contribution >= 0.6 is 0 Å². The number of carbonyl (C=O) groups excluding carboxylic acids is 1. The Morgan fingerprint density at radius 2 is 1.67 bits per heavy atom. The lowest BCUT2D eigenvalue weighted by atomic mass is 10.2. The van der Waals surface area contributed by atoms with Gasteiger partial charge >= 0.3 is 0 Å². The smallest absolute Gasteiger partial charge is 0.282 e. The van der Waals surface area contributed by atoms with Gasteiger partial charge in [0.1, 0.15) is 11.4 Å². The molecule has 92 valence electrons. The molecule has 4 nitrogen and oxygen atoms in total. The lowest BCUT2D eigenvalue weighted by Gasteiger charge is -2.17. The second kappa shape index (κ2) is 5.33. The zero-order valence-corrected chi connectivity index (χ0v) is 9.91. The number of carbonyl (C=O) groups is 1. The van der Waals surface area contributed by atoms with Crippen LogP contribution in [0.3, 0.4) is 0 Å².